The van der Waals surface area contributed by atoms with Crippen molar-refractivity contribution in [3.8, 4) is 6.07 Å². The van der Waals surface area contributed by atoms with Gasteiger partial charge in [-0.15, -0.1) is 0 Å². The van der Waals surface area contributed by atoms with E-state index in [-0.39, 0.29) is 0 Å². The van der Waals surface area contributed by atoms with E-state index in [2.05, 4.69) is 16.0 Å². The summed E-state index contributed by atoms with van der Waals surface area (Å²) in [5.41, 5.74) is 1.08. The number of carbonyl (C=O) groups is 1. The number of nitriles is 1. The van der Waals surface area contributed by atoms with Crippen molar-refractivity contribution in [3.63, 3.8) is 0 Å². The Hall–Kier alpha value is -2.45. The fourth-order valence-electron chi connectivity index (χ4n) is 1.94. The number of hydrogen-bond donors (Lipinski definition) is 0. The third-order valence-corrected chi connectivity index (χ3v) is 2.85. The number of pyridine rings is 1. The highest BCUT2D eigenvalue weighted by atomic mass is 16.3. The van der Waals surface area contributed by atoms with Crippen LogP contribution < -0.4 is 0 Å². The molecule has 0 radical (unpaired) electrons. The highest BCUT2D eigenvalue weighted by molar-refractivity contribution is 5.70. The second-order valence-corrected chi connectivity index (χ2v) is 4.40. The van der Waals surface area contributed by atoms with E-state index in [1.165, 1.54) is 0 Å². The standard InChI is InChI=1S/C15H15N3O2/c16-6-2-8-18(10-13-3-1-7-17-9-13)11-14-4-5-15(12-19)20-14/h1,3-5,7,9,12H,2,8,10-11H2. The number of hydrogen-bond acceptors (Lipinski definition) is 5. The minimum absolute atomic E-state index is 0.321. The van der Waals surface area contributed by atoms with Crippen LogP contribution in [0.3, 0.4) is 0 Å². The van der Waals surface area contributed by atoms with Crippen molar-refractivity contribution >= 4 is 6.29 Å². The highest BCUT2D eigenvalue weighted by Crippen LogP contribution is 2.12. The molecule has 0 aliphatic heterocycles. The Morgan fingerprint density at radius 3 is 2.90 bits per heavy atom. The van der Waals surface area contributed by atoms with Crippen LogP contribution in [0.4, 0.5) is 0 Å². The van der Waals surface area contributed by atoms with Gasteiger partial charge in [-0.25, -0.2) is 0 Å². The van der Waals surface area contributed by atoms with Crippen molar-refractivity contribution in [2.24, 2.45) is 0 Å². The van der Waals surface area contributed by atoms with Gasteiger partial charge in [-0.3, -0.25) is 14.7 Å². The largest absolute Gasteiger partial charge is 0.457 e. The van der Waals surface area contributed by atoms with Gasteiger partial charge < -0.3 is 4.42 Å². The molecule has 20 heavy (non-hydrogen) atoms. The summed E-state index contributed by atoms with van der Waals surface area (Å²) < 4.78 is 5.37. The Balaban J connectivity index is 2.03. The lowest BCUT2D eigenvalue weighted by Crippen LogP contribution is -2.23. The lowest BCUT2D eigenvalue weighted by atomic mass is 10.2. The van der Waals surface area contributed by atoms with E-state index in [4.69, 9.17) is 9.68 Å². The van der Waals surface area contributed by atoms with Crippen molar-refractivity contribution in [1.29, 1.82) is 5.26 Å². The Kier molecular flexibility index (Phi) is 5.04. The van der Waals surface area contributed by atoms with Crippen LogP contribution in [0.5, 0.6) is 0 Å². The quantitative estimate of drug-likeness (QED) is 0.722. The molecule has 0 unspecified atom stereocenters. The van der Waals surface area contributed by atoms with Gasteiger partial charge in [-0.2, -0.15) is 5.26 Å². The topological polar surface area (TPSA) is 70.1 Å². The van der Waals surface area contributed by atoms with Crippen LogP contribution >= 0.6 is 0 Å². The molecular weight excluding hydrogens is 254 g/mol. The van der Waals surface area contributed by atoms with Crippen molar-refractivity contribution < 1.29 is 9.21 Å². The van der Waals surface area contributed by atoms with E-state index in [9.17, 15) is 4.79 Å². The van der Waals surface area contributed by atoms with Crippen molar-refractivity contribution in [3.05, 3.63) is 53.7 Å². The van der Waals surface area contributed by atoms with Crippen LogP contribution in [-0.2, 0) is 13.1 Å². The minimum Gasteiger partial charge on any atom is -0.457 e. The molecule has 102 valence electrons. The number of rotatable bonds is 7. The molecule has 0 aliphatic rings. The smallest absolute Gasteiger partial charge is 0.185 e. The van der Waals surface area contributed by atoms with Gasteiger partial charge in [0.1, 0.15) is 5.76 Å². The summed E-state index contributed by atoms with van der Waals surface area (Å²) >= 11 is 0. The molecule has 0 spiro atoms. The zero-order valence-electron chi connectivity index (χ0n) is 11.0. The molecule has 2 heterocycles. The SMILES string of the molecule is N#CCCN(Cc1cccnc1)Cc1ccc(C=O)o1. The Morgan fingerprint density at radius 1 is 1.35 bits per heavy atom. The molecule has 0 atom stereocenters. The van der Waals surface area contributed by atoms with Gasteiger partial charge in [0.2, 0.25) is 0 Å². The fourth-order valence-corrected chi connectivity index (χ4v) is 1.94. The van der Waals surface area contributed by atoms with E-state index in [0.29, 0.717) is 43.9 Å². The third-order valence-electron chi connectivity index (χ3n) is 2.85. The second-order valence-electron chi connectivity index (χ2n) is 4.40. The van der Waals surface area contributed by atoms with E-state index < -0.39 is 0 Å². The summed E-state index contributed by atoms with van der Waals surface area (Å²) in [6.45, 7) is 1.89. The normalized spacial score (nSPS) is 10.4. The lowest BCUT2D eigenvalue weighted by Gasteiger charge is -2.19. The van der Waals surface area contributed by atoms with Gasteiger partial charge in [-0.1, -0.05) is 6.07 Å². The molecule has 0 N–H and O–H groups in total. The van der Waals surface area contributed by atoms with Gasteiger partial charge in [0, 0.05) is 31.9 Å². The van der Waals surface area contributed by atoms with Crippen molar-refractivity contribution in [2.45, 2.75) is 19.5 Å². The molecule has 0 amide bonds. The number of aldehydes is 1. The summed E-state index contributed by atoms with van der Waals surface area (Å²) in [6.07, 6.45) is 4.66. The van der Waals surface area contributed by atoms with Gasteiger partial charge in [0.05, 0.1) is 12.6 Å². The van der Waals surface area contributed by atoms with Crippen molar-refractivity contribution in [2.75, 3.05) is 6.54 Å². The van der Waals surface area contributed by atoms with Crippen LogP contribution in [-0.4, -0.2) is 22.7 Å². The minimum atomic E-state index is 0.321. The fraction of sp³-hybridized carbons (Fsp3) is 0.267. The summed E-state index contributed by atoms with van der Waals surface area (Å²) in [7, 11) is 0. The third kappa shape index (κ3) is 4.04. The maximum Gasteiger partial charge on any atom is 0.185 e. The summed E-state index contributed by atoms with van der Waals surface area (Å²) in [5, 5.41) is 8.73. The van der Waals surface area contributed by atoms with Gasteiger partial charge in [0.15, 0.2) is 12.0 Å². The predicted molar refractivity (Wildman–Crippen MR) is 72.7 cm³/mol. The number of carbonyl (C=O) groups excluding carboxylic acids is 1. The first-order valence-electron chi connectivity index (χ1n) is 6.34. The summed E-state index contributed by atoms with van der Waals surface area (Å²) in [5.74, 6) is 1.04. The van der Waals surface area contributed by atoms with Crippen LogP contribution in [0.2, 0.25) is 0 Å². The average molecular weight is 269 g/mol. The molecule has 5 nitrogen and oxygen atoms in total. The maximum atomic E-state index is 10.6. The molecule has 0 aliphatic carbocycles. The number of nitrogens with zero attached hydrogens (tertiary/aromatic N) is 3. The molecule has 0 bridgehead atoms. The van der Waals surface area contributed by atoms with Gasteiger partial charge in [0.25, 0.3) is 0 Å². The molecule has 5 heteroatoms. The molecule has 0 aromatic carbocycles. The van der Waals surface area contributed by atoms with Crippen molar-refractivity contribution in [1.82, 2.24) is 9.88 Å². The zero-order chi connectivity index (χ0) is 14.2. The summed E-state index contributed by atoms with van der Waals surface area (Å²) in [6, 6.07) is 9.45. The van der Waals surface area contributed by atoms with Crippen LogP contribution in [0.25, 0.3) is 0 Å². The molecule has 0 saturated heterocycles. The number of aromatic nitrogens is 1. The van der Waals surface area contributed by atoms with E-state index >= 15 is 0 Å². The molecule has 2 aromatic heterocycles. The van der Waals surface area contributed by atoms with E-state index in [1.807, 2.05) is 12.1 Å². The average Bonchev–Trinajstić information content (AvgIpc) is 2.93. The van der Waals surface area contributed by atoms with Crippen LogP contribution in [0.15, 0.2) is 41.1 Å². The Labute approximate surface area is 117 Å². The second kappa shape index (κ2) is 7.22. The lowest BCUT2D eigenvalue weighted by molar-refractivity contribution is 0.109. The van der Waals surface area contributed by atoms with Crippen LogP contribution in [0, 0.1) is 11.3 Å². The first kappa shape index (κ1) is 14.0. The maximum absolute atomic E-state index is 10.6. The number of furan rings is 1. The first-order valence-corrected chi connectivity index (χ1v) is 6.34. The van der Waals surface area contributed by atoms with E-state index in [0.717, 1.165) is 5.56 Å². The zero-order valence-corrected chi connectivity index (χ0v) is 11.0. The van der Waals surface area contributed by atoms with Gasteiger partial charge >= 0.3 is 0 Å². The molecule has 2 rings (SSSR count). The van der Waals surface area contributed by atoms with Crippen LogP contribution in [0.1, 0.15) is 28.3 Å². The molecule has 0 saturated carbocycles. The summed E-state index contributed by atoms with van der Waals surface area (Å²) in [4.78, 5) is 16.8. The molecular formula is C15H15N3O2. The molecule has 0 fully saturated rings. The Morgan fingerprint density at radius 2 is 2.25 bits per heavy atom. The van der Waals surface area contributed by atoms with Gasteiger partial charge in [-0.05, 0) is 23.8 Å². The monoisotopic (exact) mass is 269 g/mol. The predicted octanol–water partition coefficient (Wildman–Crippen LogP) is 2.40. The first-order chi connectivity index (χ1) is 9.81. The van der Waals surface area contributed by atoms with E-state index in [1.54, 1.807) is 24.5 Å². The highest BCUT2D eigenvalue weighted by Gasteiger charge is 2.10. The molecule has 2 aromatic rings. The Bertz CT molecular complexity index is 587.